The minimum absolute atomic E-state index is 0.0276. The highest BCUT2D eigenvalue weighted by molar-refractivity contribution is 7.89. The lowest BCUT2D eigenvalue weighted by Gasteiger charge is -2.27. The Hall–Kier alpha value is -2.33. The Bertz CT molecular complexity index is 1290. The third-order valence-corrected chi connectivity index (χ3v) is 9.80. The lowest BCUT2D eigenvalue weighted by Crippen LogP contribution is -2.41. The summed E-state index contributed by atoms with van der Waals surface area (Å²) < 4.78 is 70.8. The highest BCUT2D eigenvalue weighted by Gasteiger charge is 2.30. The predicted octanol–water partition coefficient (Wildman–Crippen LogP) is 1.55. The van der Waals surface area contributed by atoms with Crippen molar-refractivity contribution in [2.45, 2.75) is 9.79 Å². The SMILES string of the molecule is COc1ccc(NC(=S)Nc2ccc(S(=O)(=O)N3CCOCC3)cc2)c(S(=O)(=O)N2CCOCC2)c1. The number of methoxy groups -OCH3 is 1. The summed E-state index contributed by atoms with van der Waals surface area (Å²) in [4.78, 5) is 0.197. The van der Waals surface area contributed by atoms with E-state index in [1.54, 1.807) is 24.3 Å². The average molecular weight is 557 g/mol. The molecule has 2 fully saturated rings. The first-order valence-corrected chi connectivity index (χ1v) is 14.5. The van der Waals surface area contributed by atoms with Crippen molar-refractivity contribution in [2.24, 2.45) is 0 Å². The van der Waals surface area contributed by atoms with Crippen LogP contribution in [0.4, 0.5) is 11.4 Å². The van der Waals surface area contributed by atoms with Crippen LogP contribution in [0.15, 0.2) is 52.3 Å². The number of sulfonamides is 2. The summed E-state index contributed by atoms with van der Waals surface area (Å²) in [6.07, 6.45) is 0. The molecule has 0 bridgehead atoms. The summed E-state index contributed by atoms with van der Waals surface area (Å²) in [5.74, 6) is 0.392. The van der Waals surface area contributed by atoms with Crippen molar-refractivity contribution in [3.8, 4) is 5.75 Å². The van der Waals surface area contributed by atoms with Gasteiger partial charge in [-0.2, -0.15) is 8.61 Å². The van der Waals surface area contributed by atoms with Gasteiger partial charge in [-0.05, 0) is 48.6 Å². The van der Waals surface area contributed by atoms with Crippen LogP contribution in [0, 0.1) is 0 Å². The standard InChI is InChI=1S/C22H28N4O7S3/c1-31-18-4-7-20(21(16-18)36(29,30)26-10-14-33-15-11-26)24-22(34)23-17-2-5-19(6-3-17)35(27,28)25-8-12-32-13-9-25/h2-7,16H,8-15H2,1H3,(H2,23,24,34). The van der Waals surface area contributed by atoms with E-state index < -0.39 is 20.0 Å². The van der Waals surface area contributed by atoms with Crippen molar-refractivity contribution < 1.29 is 31.0 Å². The first-order chi connectivity index (χ1) is 17.2. The van der Waals surface area contributed by atoms with Crippen LogP contribution in [-0.2, 0) is 29.5 Å². The fourth-order valence-corrected chi connectivity index (χ4v) is 7.01. The topological polar surface area (TPSA) is 127 Å². The summed E-state index contributed by atoms with van der Waals surface area (Å²) >= 11 is 5.40. The van der Waals surface area contributed by atoms with E-state index in [1.807, 2.05) is 0 Å². The van der Waals surface area contributed by atoms with Gasteiger partial charge in [0.15, 0.2) is 5.11 Å². The van der Waals surface area contributed by atoms with Crippen LogP contribution in [0.3, 0.4) is 0 Å². The van der Waals surface area contributed by atoms with E-state index in [4.69, 9.17) is 26.4 Å². The molecule has 2 aromatic rings. The Kier molecular flexibility index (Phi) is 8.44. The number of hydrogen-bond donors (Lipinski definition) is 2. The van der Waals surface area contributed by atoms with Crippen molar-refractivity contribution in [3.05, 3.63) is 42.5 Å². The van der Waals surface area contributed by atoms with E-state index in [0.717, 1.165) is 0 Å². The molecule has 36 heavy (non-hydrogen) atoms. The van der Waals surface area contributed by atoms with Crippen LogP contribution in [0.25, 0.3) is 0 Å². The van der Waals surface area contributed by atoms with Crippen molar-refractivity contribution >= 4 is 48.8 Å². The fraction of sp³-hybridized carbons (Fsp3) is 0.409. The lowest BCUT2D eigenvalue weighted by molar-refractivity contribution is 0.0730. The van der Waals surface area contributed by atoms with Crippen LogP contribution in [0.2, 0.25) is 0 Å². The molecule has 196 valence electrons. The molecule has 0 aliphatic carbocycles. The molecule has 2 saturated heterocycles. The maximum Gasteiger partial charge on any atom is 0.245 e. The molecule has 0 spiro atoms. The van der Waals surface area contributed by atoms with Gasteiger partial charge in [0, 0.05) is 37.9 Å². The number of hydrogen-bond acceptors (Lipinski definition) is 8. The second kappa shape index (κ2) is 11.4. The third kappa shape index (κ3) is 5.96. The third-order valence-electron chi connectivity index (χ3n) is 5.74. The first kappa shape index (κ1) is 26.7. The first-order valence-electron chi connectivity index (χ1n) is 11.2. The second-order valence-electron chi connectivity index (χ2n) is 8.00. The number of benzene rings is 2. The fourth-order valence-electron chi connectivity index (χ4n) is 3.80. The molecular weight excluding hydrogens is 528 g/mol. The summed E-state index contributed by atoms with van der Waals surface area (Å²) in [5.41, 5.74) is 0.825. The van der Waals surface area contributed by atoms with Crippen LogP contribution in [0.5, 0.6) is 5.75 Å². The summed E-state index contributed by atoms with van der Waals surface area (Å²) in [6.45, 7) is 2.51. The van der Waals surface area contributed by atoms with E-state index in [2.05, 4.69) is 10.6 Å². The van der Waals surface area contributed by atoms with Crippen molar-refractivity contribution in [1.29, 1.82) is 0 Å². The molecule has 2 heterocycles. The molecule has 14 heteroatoms. The molecule has 0 saturated carbocycles. The molecule has 4 rings (SSSR count). The van der Waals surface area contributed by atoms with Crippen LogP contribution in [0.1, 0.15) is 0 Å². The maximum absolute atomic E-state index is 13.3. The zero-order chi connectivity index (χ0) is 25.8. The molecule has 2 aliphatic heterocycles. The van der Waals surface area contributed by atoms with Crippen molar-refractivity contribution in [3.63, 3.8) is 0 Å². The van der Waals surface area contributed by atoms with Gasteiger partial charge < -0.3 is 24.8 Å². The van der Waals surface area contributed by atoms with Crippen LogP contribution < -0.4 is 15.4 Å². The summed E-state index contributed by atoms with van der Waals surface area (Å²) in [5, 5.41) is 6.05. The van der Waals surface area contributed by atoms with Gasteiger partial charge in [-0.1, -0.05) is 0 Å². The minimum Gasteiger partial charge on any atom is -0.497 e. The molecule has 0 radical (unpaired) electrons. The van der Waals surface area contributed by atoms with E-state index in [-0.39, 0.29) is 33.7 Å². The normalized spacial score (nSPS) is 17.9. The molecule has 2 aromatic carbocycles. The molecule has 0 aromatic heterocycles. The van der Waals surface area contributed by atoms with E-state index >= 15 is 0 Å². The van der Waals surface area contributed by atoms with Crippen LogP contribution >= 0.6 is 12.2 Å². The van der Waals surface area contributed by atoms with Gasteiger partial charge >= 0.3 is 0 Å². The van der Waals surface area contributed by atoms with Gasteiger partial charge in [0.2, 0.25) is 20.0 Å². The Balaban J connectivity index is 1.49. The molecule has 0 amide bonds. The number of ether oxygens (including phenoxy) is 3. The maximum atomic E-state index is 13.3. The van der Waals surface area contributed by atoms with E-state index in [1.165, 1.54) is 33.9 Å². The number of morpholine rings is 2. The number of nitrogens with one attached hydrogen (secondary N) is 2. The quantitative estimate of drug-likeness (QED) is 0.485. The van der Waals surface area contributed by atoms with Gasteiger partial charge in [-0.3, -0.25) is 0 Å². The van der Waals surface area contributed by atoms with Gasteiger partial charge in [-0.25, -0.2) is 16.8 Å². The lowest BCUT2D eigenvalue weighted by atomic mass is 10.3. The van der Waals surface area contributed by atoms with Gasteiger partial charge in [-0.15, -0.1) is 0 Å². The predicted molar refractivity (Wildman–Crippen MR) is 138 cm³/mol. The Morgan fingerprint density at radius 2 is 1.39 bits per heavy atom. The summed E-state index contributed by atoms with van der Waals surface area (Å²) in [6, 6.07) is 10.9. The number of rotatable bonds is 7. The highest BCUT2D eigenvalue weighted by Crippen LogP contribution is 2.30. The smallest absolute Gasteiger partial charge is 0.245 e. The average Bonchev–Trinajstić information content (AvgIpc) is 2.90. The molecule has 11 nitrogen and oxygen atoms in total. The van der Waals surface area contributed by atoms with Gasteiger partial charge in [0.05, 0.1) is 44.1 Å². The zero-order valence-electron chi connectivity index (χ0n) is 19.7. The number of nitrogens with zero attached hydrogens (tertiary/aromatic N) is 2. The Morgan fingerprint density at radius 1 is 0.833 bits per heavy atom. The van der Waals surface area contributed by atoms with E-state index in [9.17, 15) is 16.8 Å². The van der Waals surface area contributed by atoms with Crippen molar-refractivity contribution in [2.75, 3.05) is 70.3 Å². The molecule has 0 atom stereocenters. The van der Waals surface area contributed by atoms with Gasteiger partial charge in [0.1, 0.15) is 10.6 Å². The van der Waals surface area contributed by atoms with E-state index in [0.29, 0.717) is 51.0 Å². The number of thiocarbonyl (C=S) groups is 1. The molecule has 2 aliphatic rings. The van der Waals surface area contributed by atoms with Crippen molar-refractivity contribution in [1.82, 2.24) is 8.61 Å². The zero-order valence-corrected chi connectivity index (χ0v) is 22.1. The summed E-state index contributed by atoms with van der Waals surface area (Å²) in [7, 11) is -5.98. The Morgan fingerprint density at radius 3 is 1.94 bits per heavy atom. The highest BCUT2D eigenvalue weighted by atomic mass is 32.2. The second-order valence-corrected chi connectivity index (χ2v) is 12.3. The monoisotopic (exact) mass is 556 g/mol. The Labute approximate surface area is 216 Å². The minimum atomic E-state index is -3.83. The molecule has 0 unspecified atom stereocenters. The largest absolute Gasteiger partial charge is 0.497 e. The number of anilines is 2. The molecular formula is C22H28N4O7S3. The van der Waals surface area contributed by atoms with Gasteiger partial charge in [0.25, 0.3) is 0 Å². The molecule has 2 N–H and O–H groups in total. The van der Waals surface area contributed by atoms with Crippen LogP contribution in [-0.4, -0.2) is 90.3 Å².